The summed E-state index contributed by atoms with van der Waals surface area (Å²) in [6, 6.07) is 4.44. The molecule has 0 amide bonds. The Morgan fingerprint density at radius 2 is 1.54 bits per heavy atom. The molecule has 2 saturated heterocycles. The number of rotatable bonds is 8. The van der Waals surface area contributed by atoms with Gasteiger partial charge in [-0.2, -0.15) is 0 Å². The third-order valence-electron chi connectivity index (χ3n) is 7.94. The van der Waals surface area contributed by atoms with Crippen LogP contribution in [-0.4, -0.2) is 127 Å². The number of methoxy groups -OCH3 is 1. The number of phenols is 3. The number of aliphatic hydroxyl groups excluding tert-OH is 5. The molecule has 262 valence electrons. The number of hydrogen-bond donors (Lipinski definition) is 9. The Morgan fingerprint density at radius 1 is 0.833 bits per heavy atom. The molecule has 3 heterocycles. The lowest BCUT2D eigenvalue weighted by molar-refractivity contribution is -0.354. The van der Waals surface area contributed by atoms with Crippen molar-refractivity contribution in [3.63, 3.8) is 0 Å². The fourth-order valence-electron chi connectivity index (χ4n) is 5.29. The molecule has 1 aromatic heterocycles. The van der Waals surface area contributed by atoms with Crippen molar-refractivity contribution in [3.05, 3.63) is 34.5 Å². The van der Waals surface area contributed by atoms with E-state index in [4.69, 9.17) is 32.8 Å². The smallest absolute Gasteiger partial charge is 0.302 e. The van der Waals surface area contributed by atoms with Crippen LogP contribution in [0.2, 0.25) is 0 Å². The van der Waals surface area contributed by atoms with Crippen molar-refractivity contribution in [2.24, 2.45) is 0 Å². The van der Waals surface area contributed by atoms with Gasteiger partial charge in [-0.25, -0.2) is 0 Å². The van der Waals surface area contributed by atoms with Gasteiger partial charge >= 0.3 is 5.97 Å². The third-order valence-corrected chi connectivity index (χ3v) is 7.94. The number of aliphatic hydroxyl groups is 5. The molecule has 9 N–H and O–H groups in total. The Hall–Kier alpha value is -4.40. The predicted octanol–water partition coefficient (Wildman–Crippen LogP) is -1.11. The number of carbonyl (C=O) groups excluding carboxylic acids is 1. The number of phenolic OH excluding ortho intramolecular Hbond substituents is 3. The van der Waals surface area contributed by atoms with Gasteiger partial charge in [-0.1, -0.05) is 0 Å². The number of fused-ring (bicyclic) bond motifs is 1. The van der Waals surface area contributed by atoms with Gasteiger partial charge < -0.3 is 78.8 Å². The maximum atomic E-state index is 13.1. The van der Waals surface area contributed by atoms with E-state index in [0.29, 0.717) is 0 Å². The average Bonchev–Trinajstić information content (AvgIpc) is 3.05. The van der Waals surface area contributed by atoms with Crippen molar-refractivity contribution < 1.29 is 83.6 Å². The minimum Gasteiger partial charge on any atom is -0.507 e. The molecule has 0 aliphatic carbocycles. The Kier molecular flexibility index (Phi) is 9.90. The number of ether oxygens (including phenoxy) is 6. The highest BCUT2D eigenvalue weighted by molar-refractivity contribution is 5.93. The minimum absolute atomic E-state index is 0.0217. The normalized spacial score (nSPS) is 30.6. The molecule has 0 saturated carbocycles. The lowest BCUT2D eigenvalue weighted by atomic mass is 9.97. The summed E-state index contributed by atoms with van der Waals surface area (Å²) < 4.78 is 38.2. The van der Waals surface area contributed by atoms with Gasteiger partial charge in [-0.3, -0.25) is 9.59 Å². The Balaban J connectivity index is 1.56. The number of benzene rings is 2. The van der Waals surface area contributed by atoms with Gasteiger partial charge in [-0.05, 0) is 25.1 Å². The summed E-state index contributed by atoms with van der Waals surface area (Å²) in [5, 5.41) is 94.5. The van der Waals surface area contributed by atoms with Gasteiger partial charge in [0.25, 0.3) is 0 Å². The fourth-order valence-corrected chi connectivity index (χ4v) is 5.29. The lowest BCUT2D eigenvalue weighted by Gasteiger charge is -2.45. The van der Waals surface area contributed by atoms with E-state index in [-0.39, 0.29) is 17.1 Å². The maximum Gasteiger partial charge on any atom is 0.302 e. The van der Waals surface area contributed by atoms with Gasteiger partial charge in [0.05, 0.1) is 13.2 Å². The van der Waals surface area contributed by atoms with Gasteiger partial charge in [0, 0.05) is 18.6 Å². The summed E-state index contributed by atoms with van der Waals surface area (Å²) in [6.07, 6.45) is -16.8. The fraction of sp³-hybridized carbons (Fsp3) is 0.467. The second kappa shape index (κ2) is 13.6. The molecule has 3 aromatic rings. The van der Waals surface area contributed by atoms with Crippen LogP contribution >= 0.6 is 0 Å². The molecule has 0 unspecified atom stereocenters. The molecule has 2 aliphatic rings. The van der Waals surface area contributed by atoms with E-state index >= 15 is 0 Å². The maximum absolute atomic E-state index is 13.1. The molecule has 18 nitrogen and oxygen atoms in total. The molecular weight excluding hydrogens is 648 g/mol. The topological polar surface area (TPSA) is 285 Å². The number of hydrogen-bond acceptors (Lipinski definition) is 18. The lowest BCUT2D eigenvalue weighted by Crippen LogP contribution is -2.64. The molecule has 0 radical (unpaired) electrons. The predicted molar refractivity (Wildman–Crippen MR) is 156 cm³/mol. The van der Waals surface area contributed by atoms with Crippen LogP contribution in [0.15, 0.2) is 33.5 Å². The van der Waals surface area contributed by atoms with Crippen LogP contribution in [0.4, 0.5) is 0 Å². The van der Waals surface area contributed by atoms with Gasteiger partial charge in [0.2, 0.25) is 23.2 Å². The zero-order valence-corrected chi connectivity index (χ0v) is 25.5. The molecule has 48 heavy (non-hydrogen) atoms. The Labute approximate surface area is 270 Å². The monoisotopic (exact) mass is 682 g/mol. The van der Waals surface area contributed by atoms with Crippen LogP contribution in [0, 0.1) is 0 Å². The Morgan fingerprint density at radius 3 is 2.21 bits per heavy atom. The van der Waals surface area contributed by atoms with Crippen LogP contribution in [0.5, 0.6) is 34.5 Å². The molecule has 2 aromatic carbocycles. The van der Waals surface area contributed by atoms with Crippen molar-refractivity contribution in [3.8, 4) is 45.8 Å². The molecule has 0 spiro atoms. The van der Waals surface area contributed by atoms with E-state index in [1.807, 2.05) is 0 Å². The van der Waals surface area contributed by atoms with E-state index in [1.54, 1.807) is 0 Å². The number of esters is 1. The van der Waals surface area contributed by atoms with Crippen LogP contribution in [0.25, 0.3) is 22.3 Å². The van der Waals surface area contributed by atoms with E-state index in [9.17, 15) is 55.5 Å². The van der Waals surface area contributed by atoms with Crippen molar-refractivity contribution in [2.45, 2.75) is 75.3 Å². The first-order chi connectivity index (χ1) is 22.6. The van der Waals surface area contributed by atoms with Crippen LogP contribution < -0.4 is 14.9 Å². The van der Waals surface area contributed by atoms with Crippen molar-refractivity contribution >= 4 is 16.9 Å². The summed E-state index contributed by atoms with van der Waals surface area (Å²) in [6.45, 7) is 1.86. The van der Waals surface area contributed by atoms with Crippen LogP contribution in [0.1, 0.15) is 13.8 Å². The average molecular weight is 683 g/mol. The van der Waals surface area contributed by atoms with Gasteiger partial charge in [0.1, 0.15) is 54.4 Å². The van der Waals surface area contributed by atoms with Crippen LogP contribution in [0.3, 0.4) is 0 Å². The van der Waals surface area contributed by atoms with E-state index < -0.39 is 119 Å². The molecule has 0 bridgehead atoms. The van der Waals surface area contributed by atoms with E-state index in [2.05, 4.69) is 0 Å². The van der Waals surface area contributed by atoms with Crippen LogP contribution in [-0.2, 0) is 23.7 Å². The third kappa shape index (κ3) is 6.39. The molecule has 2 aliphatic heterocycles. The second-order valence-electron chi connectivity index (χ2n) is 11.2. The summed E-state index contributed by atoms with van der Waals surface area (Å²) in [5.74, 6) is -4.95. The van der Waals surface area contributed by atoms with Gasteiger partial charge in [0.15, 0.2) is 41.0 Å². The summed E-state index contributed by atoms with van der Waals surface area (Å²) in [5.41, 5.74) is -1.82. The SMILES string of the molecule is COc1cc(-c2oc3c(O)c(O[C@@H]4O[C@H](COC(C)=O)[C@@H](O)[C@H](O)[C@@H]4O[C@@H]4O[C@H](C)[C@H](O)[C@H](O)[C@H]4O)cc(O)c3c(=O)c2O)ccc1O. The summed E-state index contributed by atoms with van der Waals surface area (Å²) in [4.78, 5) is 24.6. The molecule has 18 heteroatoms. The quantitative estimate of drug-likeness (QED) is 0.101. The zero-order valence-electron chi connectivity index (χ0n) is 25.5. The first-order valence-electron chi connectivity index (χ1n) is 14.4. The highest BCUT2D eigenvalue weighted by Crippen LogP contribution is 2.44. The first kappa shape index (κ1) is 34.9. The standard InChI is InChI=1S/C30H34O18/c1-9-18(34)22(38)25(41)29(44-9)48-28-23(39)19(35)16(8-43-10(2)31)46-30(28)45-15-7-13(33)17-21(37)24(40)26(47-27(17)20(15)36)11-4-5-12(32)14(6-11)42-3/h4-7,9,16,18-19,22-23,25,28-30,32-36,38-41H,8H2,1-3H3/t9-,16-,18+,19-,22+,23+,25-,28+,29+,30-/m1/s1. The summed E-state index contributed by atoms with van der Waals surface area (Å²) >= 11 is 0. The summed E-state index contributed by atoms with van der Waals surface area (Å²) in [7, 11) is 1.26. The second-order valence-corrected chi connectivity index (χ2v) is 11.2. The zero-order chi connectivity index (χ0) is 35.2. The van der Waals surface area contributed by atoms with Crippen molar-refractivity contribution in [1.29, 1.82) is 0 Å². The number of carbonyl (C=O) groups is 1. The van der Waals surface area contributed by atoms with Gasteiger partial charge in [-0.15, -0.1) is 0 Å². The highest BCUT2D eigenvalue weighted by Gasteiger charge is 2.51. The van der Waals surface area contributed by atoms with Crippen molar-refractivity contribution in [2.75, 3.05) is 13.7 Å². The van der Waals surface area contributed by atoms with E-state index in [1.165, 1.54) is 32.2 Å². The molecule has 5 rings (SSSR count). The molecule has 10 atom stereocenters. The molecule has 2 fully saturated rings. The largest absolute Gasteiger partial charge is 0.507 e. The minimum atomic E-state index is -1.93. The molecular formula is C30H34O18. The highest BCUT2D eigenvalue weighted by atomic mass is 16.8. The van der Waals surface area contributed by atoms with Crippen molar-refractivity contribution in [1.82, 2.24) is 0 Å². The number of aromatic hydroxyl groups is 4. The van der Waals surface area contributed by atoms with E-state index in [0.717, 1.165) is 13.0 Å². The Bertz CT molecular complexity index is 1720. The first-order valence-corrected chi connectivity index (χ1v) is 14.4.